The minimum absolute atomic E-state index is 0.189. The molecule has 1 saturated heterocycles. The zero-order chi connectivity index (χ0) is 20.4. The van der Waals surface area contributed by atoms with Crippen molar-refractivity contribution in [2.24, 2.45) is 22.7 Å². The number of nitrogens with one attached hydrogen (secondary N) is 1. The molecule has 0 aromatic rings. The maximum absolute atomic E-state index is 11.8. The van der Waals surface area contributed by atoms with E-state index in [2.05, 4.69) is 40.7 Å². The molecule has 0 saturated carbocycles. The van der Waals surface area contributed by atoms with Crippen molar-refractivity contribution < 1.29 is 8.42 Å². The Balaban J connectivity index is 1.50. The number of allylic oxidation sites excluding steroid dienone is 9. The summed E-state index contributed by atoms with van der Waals surface area (Å²) in [6, 6.07) is 2.46. The van der Waals surface area contributed by atoms with Crippen LogP contribution in [0.4, 0.5) is 0 Å². The van der Waals surface area contributed by atoms with Gasteiger partial charge in [0.15, 0.2) is 0 Å². The number of aliphatic imine (C=N–C) groups is 1. The monoisotopic (exact) mass is 410 g/mol. The molecular weight excluding hydrogens is 384 g/mol. The molecule has 1 N–H and O–H groups in total. The van der Waals surface area contributed by atoms with E-state index in [9.17, 15) is 8.42 Å². The highest BCUT2D eigenvalue weighted by Crippen LogP contribution is 2.36. The highest BCUT2D eigenvalue weighted by Gasteiger charge is 2.31. The molecule has 0 amide bonds. The summed E-state index contributed by atoms with van der Waals surface area (Å²) in [6.07, 6.45) is 20.2. The Labute approximate surface area is 172 Å². The highest BCUT2D eigenvalue weighted by molar-refractivity contribution is 7.88. The van der Waals surface area contributed by atoms with Crippen LogP contribution >= 0.6 is 0 Å². The predicted molar refractivity (Wildman–Crippen MR) is 114 cm³/mol. The van der Waals surface area contributed by atoms with Gasteiger partial charge in [-0.25, -0.2) is 12.7 Å². The lowest BCUT2D eigenvalue weighted by Gasteiger charge is -2.36. The fourth-order valence-corrected chi connectivity index (χ4v) is 5.26. The summed E-state index contributed by atoms with van der Waals surface area (Å²) in [4.78, 5) is 4.34. The molecule has 7 heteroatoms. The van der Waals surface area contributed by atoms with Crippen LogP contribution in [-0.2, 0) is 10.0 Å². The van der Waals surface area contributed by atoms with E-state index in [0.717, 1.165) is 30.5 Å². The summed E-state index contributed by atoms with van der Waals surface area (Å²) >= 11 is 0. The van der Waals surface area contributed by atoms with Gasteiger partial charge in [0.05, 0.1) is 12.3 Å². The Kier molecular flexibility index (Phi) is 5.57. The molecule has 0 aromatic carbocycles. The standard InChI is InChI=1S/C22H26N4O2S/c1-29(27,28)26-10-7-20(8-11-26)25-22-13-19(12-18-6-9-24-15-21(18)22)17-4-2-16(14-23)3-5-17/h2-4,6,9,12-13,15,17-18,20-21,25H,5,7-8,10-11H2,1H3. The van der Waals surface area contributed by atoms with Crippen molar-refractivity contribution in [1.29, 1.82) is 5.26 Å². The zero-order valence-corrected chi connectivity index (χ0v) is 17.3. The molecule has 29 heavy (non-hydrogen) atoms. The first kappa shape index (κ1) is 19.9. The van der Waals surface area contributed by atoms with Crippen LogP contribution in [0.2, 0.25) is 0 Å². The first-order valence-electron chi connectivity index (χ1n) is 10.1. The van der Waals surface area contributed by atoms with Gasteiger partial charge in [0.25, 0.3) is 0 Å². The van der Waals surface area contributed by atoms with E-state index in [1.165, 1.54) is 11.8 Å². The first-order chi connectivity index (χ1) is 13.9. The molecule has 3 atom stereocenters. The Morgan fingerprint density at radius 2 is 2.07 bits per heavy atom. The average molecular weight is 411 g/mol. The molecule has 3 unspecified atom stereocenters. The minimum Gasteiger partial charge on any atom is -0.385 e. The van der Waals surface area contributed by atoms with E-state index in [4.69, 9.17) is 5.26 Å². The van der Waals surface area contributed by atoms with E-state index in [1.807, 2.05) is 24.6 Å². The van der Waals surface area contributed by atoms with Crippen LogP contribution in [0.15, 0.2) is 64.5 Å². The van der Waals surface area contributed by atoms with Crippen LogP contribution in [0.3, 0.4) is 0 Å². The minimum atomic E-state index is -3.12. The number of hydrogen-bond acceptors (Lipinski definition) is 5. The lowest BCUT2D eigenvalue weighted by Crippen LogP contribution is -2.45. The third kappa shape index (κ3) is 4.44. The van der Waals surface area contributed by atoms with E-state index >= 15 is 0 Å². The topological polar surface area (TPSA) is 85.6 Å². The average Bonchev–Trinajstić information content (AvgIpc) is 2.73. The number of piperidine rings is 1. The molecule has 0 bridgehead atoms. The molecule has 4 rings (SSSR count). The van der Waals surface area contributed by atoms with Gasteiger partial charge in [-0.05, 0) is 37.0 Å². The van der Waals surface area contributed by atoms with E-state index < -0.39 is 10.0 Å². The second-order valence-electron chi connectivity index (χ2n) is 8.06. The maximum atomic E-state index is 11.8. The van der Waals surface area contributed by atoms with Crippen molar-refractivity contribution in [1.82, 2.24) is 9.62 Å². The van der Waals surface area contributed by atoms with Gasteiger partial charge in [0.1, 0.15) is 0 Å². The van der Waals surface area contributed by atoms with E-state index in [0.29, 0.717) is 13.1 Å². The number of sulfonamides is 1. The fourth-order valence-electron chi connectivity index (χ4n) is 4.39. The van der Waals surface area contributed by atoms with Gasteiger partial charge in [0, 0.05) is 60.6 Å². The van der Waals surface area contributed by atoms with Gasteiger partial charge >= 0.3 is 0 Å². The molecular formula is C22H26N4O2S. The summed E-state index contributed by atoms with van der Waals surface area (Å²) in [7, 11) is -3.12. The van der Waals surface area contributed by atoms with Crippen molar-refractivity contribution in [2.75, 3.05) is 19.3 Å². The van der Waals surface area contributed by atoms with Crippen LogP contribution in [0, 0.1) is 29.1 Å². The molecule has 0 aromatic heterocycles. The van der Waals surface area contributed by atoms with Crippen molar-refractivity contribution >= 4 is 16.2 Å². The smallest absolute Gasteiger partial charge is 0.211 e. The molecule has 4 aliphatic rings. The Morgan fingerprint density at radius 1 is 1.28 bits per heavy atom. The molecule has 2 heterocycles. The third-order valence-corrected chi connectivity index (χ3v) is 7.38. The second-order valence-corrected chi connectivity index (χ2v) is 10.0. The highest BCUT2D eigenvalue weighted by atomic mass is 32.2. The second kappa shape index (κ2) is 8.13. The van der Waals surface area contributed by atoms with Crippen LogP contribution in [0.1, 0.15) is 19.3 Å². The van der Waals surface area contributed by atoms with E-state index in [-0.39, 0.29) is 23.8 Å². The summed E-state index contributed by atoms with van der Waals surface area (Å²) < 4.78 is 25.1. The zero-order valence-electron chi connectivity index (χ0n) is 16.5. The van der Waals surface area contributed by atoms with Crippen molar-refractivity contribution in [3.05, 3.63) is 59.5 Å². The van der Waals surface area contributed by atoms with Gasteiger partial charge < -0.3 is 5.32 Å². The lowest BCUT2D eigenvalue weighted by atomic mass is 9.77. The van der Waals surface area contributed by atoms with Gasteiger partial charge in [0.2, 0.25) is 10.0 Å². The normalized spacial score (nSPS) is 30.1. The van der Waals surface area contributed by atoms with Crippen molar-refractivity contribution in [3.63, 3.8) is 0 Å². The van der Waals surface area contributed by atoms with Crippen molar-refractivity contribution in [3.8, 4) is 6.07 Å². The summed E-state index contributed by atoms with van der Waals surface area (Å²) in [5.41, 5.74) is 3.13. The van der Waals surface area contributed by atoms with Gasteiger partial charge in [-0.1, -0.05) is 24.3 Å². The molecule has 152 valence electrons. The van der Waals surface area contributed by atoms with Crippen LogP contribution < -0.4 is 5.32 Å². The number of nitrogens with zero attached hydrogens (tertiary/aromatic N) is 3. The molecule has 2 aliphatic heterocycles. The number of nitriles is 1. The fraction of sp³-hybridized carbons (Fsp3) is 0.455. The quantitative estimate of drug-likeness (QED) is 0.772. The van der Waals surface area contributed by atoms with Gasteiger partial charge in [-0.2, -0.15) is 5.26 Å². The van der Waals surface area contributed by atoms with Crippen LogP contribution in [-0.4, -0.2) is 44.3 Å². The molecule has 1 fully saturated rings. The molecule has 0 spiro atoms. The Hall–Kier alpha value is -2.43. The van der Waals surface area contributed by atoms with Gasteiger partial charge in [-0.15, -0.1) is 0 Å². The van der Waals surface area contributed by atoms with Gasteiger partial charge in [-0.3, -0.25) is 4.99 Å². The number of hydrogen-bond donors (Lipinski definition) is 1. The first-order valence-corrected chi connectivity index (χ1v) is 11.9. The SMILES string of the molecule is CS(=O)(=O)N1CCC(NC2=CC(C3C=CC(C#N)=CC3)=CC3C=CN=CC23)CC1. The van der Waals surface area contributed by atoms with Crippen LogP contribution in [0.25, 0.3) is 0 Å². The maximum Gasteiger partial charge on any atom is 0.211 e. The largest absolute Gasteiger partial charge is 0.385 e. The Bertz CT molecular complexity index is 986. The molecule has 2 aliphatic carbocycles. The van der Waals surface area contributed by atoms with E-state index in [1.54, 1.807) is 4.31 Å². The molecule has 0 radical (unpaired) electrons. The summed E-state index contributed by atoms with van der Waals surface area (Å²) in [5, 5.41) is 12.8. The van der Waals surface area contributed by atoms with Crippen molar-refractivity contribution in [2.45, 2.75) is 25.3 Å². The summed E-state index contributed by atoms with van der Waals surface area (Å²) in [5.74, 6) is 0.722. The number of fused-ring (bicyclic) bond motifs is 1. The number of rotatable bonds is 4. The Morgan fingerprint density at radius 3 is 2.72 bits per heavy atom. The predicted octanol–water partition coefficient (Wildman–Crippen LogP) is 2.68. The lowest BCUT2D eigenvalue weighted by molar-refractivity contribution is 0.297. The van der Waals surface area contributed by atoms with Crippen LogP contribution in [0.5, 0.6) is 0 Å². The summed E-state index contributed by atoms with van der Waals surface area (Å²) in [6.45, 7) is 1.11. The molecule has 6 nitrogen and oxygen atoms in total. The third-order valence-electron chi connectivity index (χ3n) is 6.07.